The van der Waals surface area contributed by atoms with Crippen molar-refractivity contribution in [2.24, 2.45) is 0 Å². The molecule has 0 amide bonds. The second kappa shape index (κ2) is 24.1. The van der Waals surface area contributed by atoms with Crippen LogP contribution in [0.3, 0.4) is 0 Å². The number of Topliss-reactive ketones (excluding diaryl/α,β-unsaturated/α-hetero) is 2. The zero-order chi connectivity index (χ0) is 49.3. The van der Waals surface area contributed by atoms with Gasteiger partial charge in [-0.15, -0.1) is 23.2 Å². The summed E-state index contributed by atoms with van der Waals surface area (Å²) in [4.78, 5) is 23.4. The Balaban J connectivity index is 0.000000292. The molecule has 1 aliphatic carbocycles. The first-order valence-corrected chi connectivity index (χ1v) is 25.3. The van der Waals surface area contributed by atoms with Gasteiger partial charge in [-0.1, -0.05) is 206 Å². The first-order valence-electron chi connectivity index (χ1n) is 22.6. The SMILES string of the molecule is ClCCCl.O=C1C(Br)=C(Br)C(=O)c2c([O-])cccc21.[Fe+2].c1ccc(-c2cc(-c3ccccc3)n([BH-](n3nc(-c4ccccc4)cc3-c3ccccc3)n3nc(-c4ccccc4)cc3-c3ccccc3)n2)cc1. The maximum Gasteiger partial charge on any atom is 2.00 e. The Kier molecular flexibility index (Phi) is 17.2. The number of benzene rings is 7. The number of rotatable bonds is 10. The summed E-state index contributed by atoms with van der Waals surface area (Å²) in [7, 11) is -1.96. The Hall–Kier alpha value is -6.83. The smallest absolute Gasteiger partial charge is 0.872 e. The Labute approximate surface area is 454 Å². The van der Waals surface area contributed by atoms with E-state index in [4.69, 9.17) is 38.5 Å². The molecular weight excluding hydrogens is 1110 g/mol. The van der Waals surface area contributed by atoms with Gasteiger partial charge in [-0.2, -0.15) is 0 Å². The maximum absolute atomic E-state index is 11.7. The van der Waals surface area contributed by atoms with Crippen LogP contribution in [0.4, 0.5) is 0 Å². The van der Waals surface area contributed by atoms with Crippen molar-refractivity contribution in [2.75, 3.05) is 11.8 Å². The molecule has 3 aromatic heterocycles. The molecule has 0 N–H and O–H groups in total. The van der Waals surface area contributed by atoms with Crippen LogP contribution >= 0.6 is 55.1 Å². The fourth-order valence-electron chi connectivity index (χ4n) is 8.43. The molecule has 3 heterocycles. The van der Waals surface area contributed by atoms with Crippen molar-refractivity contribution in [3.8, 4) is 73.3 Å². The molecule has 0 aliphatic heterocycles. The van der Waals surface area contributed by atoms with Crippen molar-refractivity contribution < 1.29 is 31.8 Å². The topological polar surface area (TPSA) is 111 Å². The first kappa shape index (κ1) is 51.5. The van der Waals surface area contributed by atoms with Crippen molar-refractivity contribution in [3.05, 3.63) is 238 Å². The maximum atomic E-state index is 11.7. The third-order valence-corrected chi connectivity index (χ3v) is 14.3. The Bertz CT molecular complexity index is 3180. The molecule has 0 saturated heterocycles. The van der Waals surface area contributed by atoms with Crippen LogP contribution in [-0.2, 0) is 17.1 Å². The minimum absolute atomic E-state index is 0. The third kappa shape index (κ3) is 11.1. The summed E-state index contributed by atoms with van der Waals surface area (Å²) < 4.78 is 6.76. The minimum atomic E-state index is -1.96. The van der Waals surface area contributed by atoms with E-state index in [2.05, 4.69) is 209 Å². The number of alkyl halides is 2. The van der Waals surface area contributed by atoms with Crippen LogP contribution in [0.1, 0.15) is 20.7 Å². The van der Waals surface area contributed by atoms with Crippen LogP contribution in [0.15, 0.2) is 227 Å². The van der Waals surface area contributed by atoms with Gasteiger partial charge in [0.2, 0.25) is 11.6 Å². The molecule has 15 heteroatoms. The molecule has 9 nitrogen and oxygen atoms in total. The van der Waals surface area contributed by atoms with E-state index in [0.29, 0.717) is 11.8 Å². The first-order chi connectivity index (χ1) is 34.7. The molecule has 0 saturated carbocycles. The second-order valence-electron chi connectivity index (χ2n) is 16.2. The van der Waals surface area contributed by atoms with Crippen molar-refractivity contribution in [2.45, 2.75) is 0 Å². The standard InChI is InChI=1S/C45H34BN6.C10H4Br2O3.C2H4Cl2.Fe/c1-7-19-34(20-8-1)40-31-43(37-25-13-4-14-26-37)50(47-40)46(51-44(38-27-15-5-16-28-38)32-41(48-51)35-21-9-2-10-22-35)52-45(39-29-17-6-18-30-39)33-42(49-52)36-23-11-3-12-24-36;11-7-8(12)10(15)6-4(9(7)14)2-1-3-5(6)13;3-1-2-4;/h1-33,46H;1-3,13H;1-2H2;/q-1;;;+2/p-1. The molecule has 0 unspecified atom stereocenters. The predicted molar refractivity (Wildman–Crippen MR) is 294 cm³/mol. The van der Waals surface area contributed by atoms with E-state index in [0.717, 1.165) is 67.5 Å². The fraction of sp³-hybridized carbons (Fsp3) is 0.0351. The van der Waals surface area contributed by atoms with Crippen LogP contribution in [0.25, 0.3) is 67.5 Å². The number of ketones is 2. The molecule has 7 aromatic carbocycles. The van der Waals surface area contributed by atoms with Gasteiger partial charge in [0.05, 0.1) is 26.0 Å². The van der Waals surface area contributed by atoms with Crippen molar-refractivity contribution in [1.29, 1.82) is 0 Å². The summed E-state index contributed by atoms with van der Waals surface area (Å²) in [6.07, 6.45) is 0. The molecule has 0 radical (unpaired) electrons. The molecule has 0 bridgehead atoms. The third-order valence-electron chi connectivity index (χ3n) is 11.7. The largest absolute Gasteiger partial charge is 2.00 e. The van der Waals surface area contributed by atoms with Gasteiger partial charge in [0.1, 0.15) is 0 Å². The molecule has 0 atom stereocenters. The van der Waals surface area contributed by atoms with Crippen LogP contribution in [0.5, 0.6) is 5.75 Å². The zero-order valence-electron chi connectivity index (χ0n) is 38.2. The number of allylic oxidation sites excluding steroid dienone is 2. The van der Waals surface area contributed by atoms with E-state index in [-0.39, 0.29) is 42.9 Å². The monoisotopic (exact) mass is 1150 g/mol. The van der Waals surface area contributed by atoms with Crippen LogP contribution in [0.2, 0.25) is 0 Å². The van der Waals surface area contributed by atoms with Crippen molar-refractivity contribution >= 4 is 73.7 Å². The molecule has 1 aliphatic rings. The number of hydrogen-bond acceptors (Lipinski definition) is 6. The van der Waals surface area contributed by atoms with Gasteiger partial charge in [0.25, 0.3) is 0 Å². The molecule has 10 aromatic rings. The fourth-order valence-corrected chi connectivity index (χ4v) is 9.21. The van der Waals surface area contributed by atoms with Crippen LogP contribution in [-0.4, -0.2) is 59.5 Å². The van der Waals surface area contributed by atoms with Crippen LogP contribution < -0.4 is 5.11 Å². The van der Waals surface area contributed by atoms with Crippen molar-refractivity contribution in [3.63, 3.8) is 0 Å². The van der Waals surface area contributed by atoms with E-state index in [1.165, 1.54) is 18.2 Å². The van der Waals surface area contributed by atoms with E-state index < -0.39 is 18.7 Å². The Morgan fingerprint density at radius 2 is 0.708 bits per heavy atom. The quantitative estimate of drug-likeness (QED) is 0.0996. The minimum Gasteiger partial charge on any atom is -0.872 e. The van der Waals surface area contributed by atoms with E-state index in [1.807, 2.05) is 36.4 Å². The average Bonchev–Trinajstić information content (AvgIpc) is 4.21. The zero-order valence-corrected chi connectivity index (χ0v) is 44.0. The molecule has 11 rings (SSSR count). The number of carbonyl (C=O) groups is 2. The summed E-state index contributed by atoms with van der Waals surface area (Å²) in [5, 5.41) is 27.9. The number of nitrogens with zero attached hydrogens (tertiary/aromatic N) is 6. The Morgan fingerprint density at radius 1 is 0.417 bits per heavy atom. The number of aromatic nitrogens is 6. The molecule has 0 fully saturated rings. The second-order valence-corrected chi connectivity index (χ2v) is 18.5. The number of carbonyl (C=O) groups excluding carboxylic acids is 2. The number of hydrogen-bond donors (Lipinski definition) is 0. The molecule has 0 spiro atoms. The van der Waals surface area contributed by atoms with Gasteiger partial charge in [-0.25, -0.2) is 15.3 Å². The predicted octanol–water partition coefficient (Wildman–Crippen LogP) is 13.5. The van der Waals surface area contributed by atoms with E-state index >= 15 is 0 Å². The summed E-state index contributed by atoms with van der Waals surface area (Å²) in [5.41, 5.74) is 12.0. The normalized spacial score (nSPS) is 11.8. The summed E-state index contributed by atoms with van der Waals surface area (Å²) in [6, 6.07) is 73.4. The summed E-state index contributed by atoms with van der Waals surface area (Å²) in [5.74, 6) is -0.123. The van der Waals surface area contributed by atoms with Gasteiger partial charge in [0.15, 0.2) is 0 Å². The van der Waals surface area contributed by atoms with Gasteiger partial charge >= 0.3 is 24.2 Å². The number of halogens is 4. The van der Waals surface area contributed by atoms with Gasteiger partial charge in [-0.05, 0) is 66.7 Å². The molecule has 356 valence electrons. The van der Waals surface area contributed by atoms with Gasteiger partial charge in [-0.3, -0.25) is 9.59 Å². The summed E-state index contributed by atoms with van der Waals surface area (Å²) >= 11 is 16.1. The molecule has 72 heavy (non-hydrogen) atoms. The van der Waals surface area contributed by atoms with Crippen molar-refractivity contribution in [1.82, 2.24) is 29.1 Å². The van der Waals surface area contributed by atoms with E-state index in [1.54, 1.807) is 0 Å². The molecular formula is C57H41BBr2Cl2FeN6O3. The Morgan fingerprint density at radius 3 is 1.01 bits per heavy atom. The van der Waals surface area contributed by atoms with Crippen LogP contribution in [0, 0.1) is 0 Å². The number of fused-ring (bicyclic) bond motifs is 1. The average molecular weight is 1160 g/mol. The van der Waals surface area contributed by atoms with Gasteiger partial charge < -0.3 is 18.9 Å². The van der Waals surface area contributed by atoms with Gasteiger partial charge in [0, 0.05) is 56.7 Å². The summed E-state index contributed by atoms with van der Waals surface area (Å²) in [6.45, 7) is 0. The van der Waals surface area contributed by atoms with E-state index in [9.17, 15) is 14.7 Å².